The van der Waals surface area contributed by atoms with E-state index in [1.54, 1.807) is 12.1 Å². The second kappa shape index (κ2) is 8.60. The van der Waals surface area contributed by atoms with Gasteiger partial charge in [-0.25, -0.2) is 0 Å². The summed E-state index contributed by atoms with van der Waals surface area (Å²) in [5.74, 6) is 1.91. The van der Waals surface area contributed by atoms with Crippen molar-refractivity contribution in [2.45, 2.75) is 88.9 Å². The maximum atomic E-state index is 10.7. The highest BCUT2D eigenvalue weighted by molar-refractivity contribution is 7.99. The molecule has 2 aromatic carbocycles. The van der Waals surface area contributed by atoms with Crippen LogP contribution in [0.4, 0.5) is 0 Å². The number of phenolic OH excluding ortho intramolecular Hbond substituents is 2. The number of phenols is 2. The molecule has 0 saturated heterocycles. The van der Waals surface area contributed by atoms with E-state index in [1.165, 1.54) is 34.0 Å². The van der Waals surface area contributed by atoms with E-state index in [0.29, 0.717) is 11.8 Å². The maximum absolute atomic E-state index is 10.7. The normalized spacial score (nSPS) is 12.0. The Morgan fingerprint density at radius 1 is 0.556 bits per heavy atom. The van der Waals surface area contributed by atoms with Crippen molar-refractivity contribution in [2.75, 3.05) is 0 Å². The van der Waals surface area contributed by atoms with Crippen LogP contribution in [0.15, 0.2) is 34.1 Å². The average Bonchev–Trinajstić information content (AvgIpc) is 2.56. The van der Waals surface area contributed by atoms with Crippen molar-refractivity contribution in [2.24, 2.45) is 0 Å². The Morgan fingerprint density at radius 2 is 0.889 bits per heavy atom. The standard InChI is InChI=1S/C24H34O2S/c1-13(2)17-9-11-19(25)23(21(17)15(5)6)27-24-20(26)12-10-18(14(3)4)22(24)16(7)8/h9-16,25-26H,1-8H3. The fourth-order valence-corrected chi connectivity index (χ4v) is 5.20. The molecule has 2 N–H and O–H groups in total. The fraction of sp³-hybridized carbons (Fsp3) is 0.500. The smallest absolute Gasteiger partial charge is 0.129 e. The molecule has 0 aliphatic rings. The molecule has 0 saturated carbocycles. The minimum atomic E-state index is 0.287. The number of hydrogen-bond acceptors (Lipinski definition) is 3. The third-order valence-electron chi connectivity index (χ3n) is 5.02. The summed E-state index contributed by atoms with van der Waals surface area (Å²) in [5.41, 5.74) is 4.88. The van der Waals surface area contributed by atoms with Gasteiger partial charge in [-0.1, -0.05) is 79.3 Å². The molecule has 0 radical (unpaired) electrons. The summed E-state index contributed by atoms with van der Waals surface area (Å²) in [5, 5.41) is 21.4. The third kappa shape index (κ3) is 4.45. The van der Waals surface area contributed by atoms with Crippen LogP contribution in [0.2, 0.25) is 0 Å². The summed E-state index contributed by atoms with van der Waals surface area (Å²) in [6, 6.07) is 7.66. The number of benzene rings is 2. The minimum Gasteiger partial charge on any atom is -0.507 e. The Kier molecular flexibility index (Phi) is 6.91. The molecule has 0 heterocycles. The van der Waals surface area contributed by atoms with Gasteiger partial charge in [0.2, 0.25) is 0 Å². The zero-order valence-electron chi connectivity index (χ0n) is 17.9. The van der Waals surface area contributed by atoms with Gasteiger partial charge in [0.1, 0.15) is 11.5 Å². The zero-order valence-corrected chi connectivity index (χ0v) is 18.7. The van der Waals surface area contributed by atoms with Gasteiger partial charge in [-0.05, 0) is 58.1 Å². The van der Waals surface area contributed by atoms with Gasteiger partial charge in [0, 0.05) is 0 Å². The van der Waals surface area contributed by atoms with Crippen LogP contribution in [0.25, 0.3) is 0 Å². The van der Waals surface area contributed by atoms with E-state index in [4.69, 9.17) is 0 Å². The van der Waals surface area contributed by atoms with Crippen LogP contribution in [0.5, 0.6) is 11.5 Å². The van der Waals surface area contributed by atoms with E-state index in [-0.39, 0.29) is 23.3 Å². The van der Waals surface area contributed by atoms with Crippen molar-refractivity contribution in [1.82, 2.24) is 0 Å². The lowest BCUT2D eigenvalue weighted by atomic mass is 9.90. The monoisotopic (exact) mass is 386 g/mol. The van der Waals surface area contributed by atoms with E-state index in [9.17, 15) is 10.2 Å². The molecule has 148 valence electrons. The second-order valence-electron chi connectivity index (χ2n) is 8.55. The third-order valence-corrected chi connectivity index (χ3v) is 6.29. The molecule has 27 heavy (non-hydrogen) atoms. The van der Waals surface area contributed by atoms with Crippen molar-refractivity contribution in [3.8, 4) is 11.5 Å². The van der Waals surface area contributed by atoms with Crippen LogP contribution in [-0.4, -0.2) is 10.2 Å². The summed E-state index contributed by atoms with van der Waals surface area (Å²) >= 11 is 1.51. The van der Waals surface area contributed by atoms with Crippen molar-refractivity contribution < 1.29 is 10.2 Å². The quantitative estimate of drug-likeness (QED) is 0.533. The predicted molar refractivity (Wildman–Crippen MR) is 117 cm³/mol. The van der Waals surface area contributed by atoms with Crippen LogP contribution in [0.1, 0.15) is 101 Å². The first kappa shape index (κ1) is 21.7. The van der Waals surface area contributed by atoms with Crippen molar-refractivity contribution in [3.05, 3.63) is 46.5 Å². The molecule has 0 unspecified atom stereocenters. The molecule has 0 amide bonds. The van der Waals surface area contributed by atoms with Crippen LogP contribution >= 0.6 is 11.8 Å². The predicted octanol–water partition coefficient (Wildman–Crippen LogP) is 7.74. The molecule has 0 aliphatic carbocycles. The van der Waals surface area contributed by atoms with Crippen LogP contribution in [-0.2, 0) is 0 Å². The highest BCUT2D eigenvalue weighted by atomic mass is 32.2. The first-order valence-corrected chi connectivity index (χ1v) is 10.8. The molecule has 0 atom stereocenters. The summed E-state index contributed by atoms with van der Waals surface area (Å²) in [6.45, 7) is 17.4. The number of rotatable bonds is 6. The number of aromatic hydroxyl groups is 2. The zero-order chi connectivity index (χ0) is 20.5. The summed E-state index contributed by atoms with van der Waals surface area (Å²) in [7, 11) is 0. The van der Waals surface area contributed by atoms with Crippen molar-refractivity contribution in [3.63, 3.8) is 0 Å². The Labute approximate surface area is 169 Å². The molecule has 0 aliphatic heterocycles. The second-order valence-corrected chi connectivity index (χ2v) is 9.57. The Balaban J connectivity index is 2.74. The minimum absolute atomic E-state index is 0.287. The molecule has 0 spiro atoms. The molecule has 0 aromatic heterocycles. The molecule has 0 bridgehead atoms. The topological polar surface area (TPSA) is 40.5 Å². The molecule has 0 fully saturated rings. The lowest BCUT2D eigenvalue weighted by molar-refractivity contribution is 0.456. The van der Waals surface area contributed by atoms with Gasteiger partial charge in [-0.2, -0.15) is 0 Å². The van der Waals surface area contributed by atoms with Crippen molar-refractivity contribution in [1.29, 1.82) is 0 Å². The fourth-order valence-electron chi connectivity index (χ4n) is 3.72. The van der Waals surface area contributed by atoms with E-state index < -0.39 is 0 Å². The molecule has 2 rings (SSSR count). The van der Waals surface area contributed by atoms with Gasteiger partial charge < -0.3 is 10.2 Å². The lowest BCUT2D eigenvalue weighted by Crippen LogP contribution is -2.04. The van der Waals surface area contributed by atoms with E-state index in [2.05, 4.69) is 55.4 Å². The van der Waals surface area contributed by atoms with E-state index in [0.717, 1.165) is 9.79 Å². The Bertz CT molecular complexity index is 737. The van der Waals surface area contributed by atoms with Gasteiger partial charge in [0.05, 0.1) is 9.79 Å². The maximum Gasteiger partial charge on any atom is 0.129 e. The van der Waals surface area contributed by atoms with E-state index in [1.807, 2.05) is 12.1 Å². The Hall–Kier alpha value is -1.61. The first-order chi connectivity index (χ1) is 12.6. The summed E-state index contributed by atoms with van der Waals surface area (Å²) in [4.78, 5) is 1.74. The van der Waals surface area contributed by atoms with E-state index >= 15 is 0 Å². The molecule has 2 aromatic rings. The SMILES string of the molecule is CC(C)c1ccc(O)c(Sc2c(O)ccc(C(C)C)c2C(C)C)c1C(C)C. The van der Waals surface area contributed by atoms with Crippen LogP contribution in [0, 0.1) is 0 Å². The summed E-state index contributed by atoms with van der Waals surface area (Å²) in [6.07, 6.45) is 0. The van der Waals surface area contributed by atoms with Crippen LogP contribution in [0.3, 0.4) is 0 Å². The highest BCUT2D eigenvalue weighted by Crippen LogP contribution is 2.49. The van der Waals surface area contributed by atoms with Gasteiger partial charge in [-0.15, -0.1) is 0 Å². The Morgan fingerprint density at radius 3 is 1.15 bits per heavy atom. The molecule has 2 nitrogen and oxygen atoms in total. The van der Waals surface area contributed by atoms with Gasteiger partial charge in [0.25, 0.3) is 0 Å². The van der Waals surface area contributed by atoms with Gasteiger partial charge in [0.15, 0.2) is 0 Å². The van der Waals surface area contributed by atoms with Gasteiger partial charge in [-0.3, -0.25) is 0 Å². The molecular formula is C24H34O2S. The lowest BCUT2D eigenvalue weighted by Gasteiger charge is -2.24. The average molecular weight is 387 g/mol. The highest BCUT2D eigenvalue weighted by Gasteiger charge is 2.24. The summed E-state index contributed by atoms with van der Waals surface area (Å²) < 4.78 is 0. The van der Waals surface area contributed by atoms with Crippen molar-refractivity contribution >= 4 is 11.8 Å². The van der Waals surface area contributed by atoms with Crippen LogP contribution < -0.4 is 0 Å². The largest absolute Gasteiger partial charge is 0.507 e. The first-order valence-electron chi connectivity index (χ1n) is 9.95. The number of hydrogen-bond donors (Lipinski definition) is 2. The van der Waals surface area contributed by atoms with Gasteiger partial charge >= 0.3 is 0 Å². The molecular weight excluding hydrogens is 352 g/mol. The molecule has 3 heteroatoms.